The van der Waals surface area contributed by atoms with Gasteiger partial charge in [0.1, 0.15) is 0 Å². The topological polar surface area (TPSA) is 47.8 Å². The number of thiazole rings is 1. The summed E-state index contributed by atoms with van der Waals surface area (Å²) in [7, 11) is 0. The van der Waals surface area contributed by atoms with E-state index in [0.717, 1.165) is 12.1 Å². The minimum Gasteiger partial charge on any atom is -0.293 e. The van der Waals surface area contributed by atoms with Gasteiger partial charge in [0.25, 0.3) is 0 Å². The van der Waals surface area contributed by atoms with Crippen LogP contribution in [0.4, 0.5) is 0 Å². The maximum Gasteiger partial charge on any atom is 0.178 e. The number of nitrogens with zero attached hydrogens (tertiary/aromatic N) is 3. The largest absolute Gasteiger partial charge is 0.293 e. The van der Waals surface area contributed by atoms with Crippen molar-refractivity contribution in [2.24, 2.45) is 0 Å². The summed E-state index contributed by atoms with van der Waals surface area (Å²) < 4.78 is 1.81. The Balaban J connectivity index is 2.06. The summed E-state index contributed by atoms with van der Waals surface area (Å²) in [6.45, 7) is 2.84. The SMILES string of the molecule is CCn1cc(CC(=O)c2cncs2)cn1. The third-order valence-electron chi connectivity index (χ3n) is 2.08. The molecule has 2 rings (SSSR count). The second kappa shape index (κ2) is 4.35. The number of carbonyl (C=O) groups excluding carboxylic acids is 1. The van der Waals surface area contributed by atoms with Crippen LogP contribution >= 0.6 is 11.3 Å². The van der Waals surface area contributed by atoms with E-state index in [-0.39, 0.29) is 5.78 Å². The lowest BCUT2D eigenvalue weighted by molar-refractivity contribution is 0.0996. The highest BCUT2D eigenvalue weighted by Gasteiger charge is 2.09. The molecule has 2 heterocycles. The van der Waals surface area contributed by atoms with Gasteiger partial charge < -0.3 is 0 Å². The van der Waals surface area contributed by atoms with Crippen molar-refractivity contribution in [1.29, 1.82) is 0 Å². The Bertz CT molecular complexity index is 447. The predicted molar refractivity (Wildman–Crippen MR) is 58.0 cm³/mol. The van der Waals surface area contributed by atoms with Crippen molar-refractivity contribution in [2.45, 2.75) is 19.9 Å². The van der Waals surface area contributed by atoms with Crippen LogP contribution in [0.2, 0.25) is 0 Å². The van der Waals surface area contributed by atoms with Gasteiger partial charge in [-0.1, -0.05) is 0 Å². The van der Waals surface area contributed by atoms with Gasteiger partial charge in [0.05, 0.1) is 16.6 Å². The zero-order valence-electron chi connectivity index (χ0n) is 8.38. The summed E-state index contributed by atoms with van der Waals surface area (Å²) in [4.78, 5) is 16.3. The first-order valence-electron chi connectivity index (χ1n) is 4.72. The molecule has 0 saturated carbocycles. The van der Waals surface area contributed by atoms with Crippen LogP contribution in [0.5, 0.6) is 0 Å². The van der Waals surface area contributed by atoms with Gasteiger partial charge in [0, 0.05) is 25.4 Å². The molecule has 0 aliphatic heterocycles. The molecule has 2 aromatic rings. The average Bonchev–Trinajstić information content (AvgIpc) is 2.87. The van der Waals surface area contributed by atoms with Crippen LogP contribution in [-0.2, 0) is 13.0 Å². The standard InChI is InChI=1S/C10H11N3OS/c1-2-13-6-8(4-12-13)3-9(14)10-5-11-7-15-10/h4-7H,2-3H2,1H3. The van der Waals surface area contributed by atoms with Crippen LogP contribution in [0.1, 0.15) is 22.2 Å². The fraction of sp³-hybridized carbons (Fsp3) is 0.300. The molecule has 0 aliphatic carbocycles. The van der Waals surface area contributed by atoms with E-state index in [0.29, 0.717) is 11.3 Å². The maximum absolute atomic E-state index is 11.7. The van der Waals surface area contributed by atoms with E-state index in [4.69, 9.17) is 0 Å². The van der Waals surface area contributed by atoms with Crippen molar-refractivity contribution in [3.05, 3.63) is 34.5 Å². The van der Waals surface area contributed by atoms with Gasteiger partial charge >= 0.3 is 0 Å². The molecule has 15 heavy (non-hydrogen) atoms. The molecule has 2 aromatic heterocycles. The lowest BCUT2D eigenvalue weighted by Gasteiger charge is -1.93. The molecule has 0 bridgehead atoms. The molecule has 0 aliphatic rings. The molecular formula is C10H11N3OS. The van der Waals surface area contributed by atoms with Crippen molar-refractivity contribution < 1.29 is 4.79 Å². The van der Waals surface area contributed by atoms with Gasteiger partial charge in [-0.25, -0.2) is 0 Å². The smallest absolute Gasteiger partial charge is 0.178 e. The molecule has 0 spiro atoms. The number of ketones is 1. The Hall–Kier alpha value is -1.49. The second-order valence-electron chi connectivity index (χ2n) is 3.17. The highest BCUT2D eigenvalue weighted by molar-refractivity contribution is 7.11. The molecule has 0 aromatic carbocycles. The number of hydrogen-bond acceptors (Lipinski definition) is 4. The van der Waals surface area contributed by atoms with Crippen molar-refractivity contribution in [2.75, 3.05) is 0 Å². The van der Waals surface area contributed by atoms with Crippen molar-refractivity contribution in [1.82, 2.24) is 14.8 Å². The lowest BCUT2D eigenvalue weighted by Crippen LogP contribution is -2.00. The summed E-state index contributed by atoms with van der Waals surface area (Å²) in [6, 6.07) is 0. The molecule has 4 nitrogen and oxygen atoms in total. The summed E-state index contributed by atoms with van der Waals surface area (Å²) >= 11 is 1.37. The molecule has 0 unspecified atom stereocenters. The van der Waals surface area contributed by atoms with Gasteiger partial charge in [0.15, 0.2) is 5.78 Å². The molecule has 0 N–H and O–H groups in total. The molecule has 0 amide bonds. The third-order valence-corrected chi connectivity index (χ3v) is 2.90. The number of rotatable bonds is 4. The molecule has 0 radical (unpaired) electrons. The fourth-order valence-electron chi connectivity index (χ4n) is 1.30. The first kappa shape index (κ1) is 10.0. The normalized spacial score (nSPS) is 10.5. The number of aryl methyl sites for hydroxylation is 1. The summed E-state index contributed by atoms with van der Waals surface area (Å²) in [5, 5.41) is 4.12. The van der Waals surface area contributed by atoms with E-state index in [2.05, 4.69) is 10.1 Å². The molecule has 0 fully saturated rings. The van der Waals surface area contributed by atoms with Gasteiger partial charge in [-0.2, -0.15) is 5.10 Å². The summed E-state index contributed by atoms with van der Waals surface area (Å²) in [6.07, 6.45) is 5.65. The van der Waals surface area contributed by atoms with Crippen molar-refractivity contribution in [3.63, 3.8) is 0 Å². The zero-order chi connectivity index (χ0) is 10.7. The minimum atomic E-state index is 0.105. The van der Waals surface area contributed by atoms with Crippen LogP contribution in [0, 0.1) is 0 Å². The molecule has 5 heteroatoms. The number of Topliss-reactive ketones (excluding diaryl/α,β-unsaturated/α-hetero) is 1. The minimum absolute atomic E-state index is 0.105. The molecule has 0 atom stereocenters. The second-order valence-corrected chi connectivity index (χ2v) is 4.06. The summed E-state index contributed by atoms with van der Waals surface area (Å²) in [5.74, 6) is 0.105. The van der Waals surface area contributed by atoms with E-state index in [1.165, 1.54) is 11.3 Å². The van der Waals surface area contributed by atoms with Crippen LogP contribution < -0.4 is 0 Å². The van der Waals surface area contributed by atoms with E-state index >= 15 is 0 Å². The van der Waals surface area contributed by atoms with Gasteiger partial charge in [-0.05, 0) is 12.5 Å². The van der Waals surface area contributed by atoms with Gasteiger partial charge in [-0.15, -0.1) is 11.3 Å². The van der Waals surface area contributed by atoms with Crippen LogP contribution in [0.25, 0.3) is 0 Å². The molecular weight excluding hydrogens is 210 g/mol. The third kappa shape index (κ3) is 2.30. The highest BCUT2D eigenvalue weighted by atomic mass is 32.1. The van der Waals surface area contributed by atoms with E-state index < -0.39 is 0 Å². The summed E-state index contributed by atoms with van der Waals surface area (Å²) in [5.41, 5.74) is 2.62. The Morgan fingerprint density at radius 1 is 1.53 bits per heavy atom. The van der Waals surface area contributed by atoms with Crippen LogP contribution in [0.15, 0.2) is 24.1 Å². The Kier molecular flexibility index (Phi) is 2.91. The Morgan fingerprint density at radius 3 is 3.00 bits per heavy atom. The van der Waals surface area contributed by atoms with Crippen molar-refractivity contribution >= 4 is 17.1 Å². The first-order valence-corrected chi connectivity index (χ1v) is 5.60. The van der Waals surface area contributed by atoms with Crippen molar-refractivity contribution in [3.8, 4) is 0 Å². The monoisotopic (exact) mass is 221 g/mol. The van der Waals surface area contributed by atoms with E-state index in [1.807, 2.05) is 17.8 Å². The van der Waals surface area contributed by atoms with Crippen LogP contribution in [-0.4, -0.2) is 20.5 Å². The number of aromatic nitrogens is 3. The molecule has 0 saturated heterocycles. The Morgan fingerprint density at radius 2 is 2.40 bits per heavy atom. The lowest BCUT2D eigenvalue weighted by atomic mass is 10.2. The first-order chi connectivity index (χ1) is 7.29. The zero-order valence-corrected chi connectivity index (χ0v) is 9.20. The quantitative estimate of drug-likeness (QED) is 0.739. The molecule has 78 valence electrons. The Labute approximate surface area is 91.6 Å². The van der Waals surface area contributed by atoms with E-state index in [9.17, 15) is 4.79 Å². The fourth-order valence-corrected chi connectivity index (χ4v) is 1.86. The van der Waals surface area contributed by atoms with Gasteiger partial charge in [-0.3, -0.25) is 14.5 Å². The number of hydrogen-bond donors (Lipinski definition) is 0. The van der Waals surface area contributed by atoms with Gasteiger partial charge in [0.2, 0.25) is 0 Å². The van der Waals surface area contributed by atoms with E-state index in [1.54, 1.807) is 17.9 Å². The maximum atomic E-state index is 11.7. The predicted octanol–water partition coefficient (Wildman–Crippen LogP) is 1.78. The average molecular weight is 221 g/mol. The highest BCUT2D eigenvalue weighted by Crippen LogP contribution is 2.10. The number of carbonyl (C=O) groups is 1. The van der Waals surface area contributed by atoms with Crippen LogP contribution in [0.3, 0.4) is 0 Å².